The van der Waals surface area contributed by atoms with Crippen LogP contribution in [0.2, 0.25) is 5.02 Å². The predicted octanol–water partition coefficient (Wildman–Crippen LogP) is 6.16. The molecule has 1 aliphatic rings. The quantitative estimate of drug-likeness (QED) is 0.206. The van der Waals surface area contributed by atoms with E-state index in [0.29, 0.717) is 53.3 Å². The molecule has 1 N–H and O–H groups in total. The number of nitrogens with zero attached hydrogens (tertiary/aromatic N) is 1. The van der Waals surface area contributed by atoms with Gasteiger partial charge in [0.25, 0.3) is 11.7 Å². The molecule has 0 spiro atoms. The van der Waals surface area contributed by atoms with Crippen molar-refractivity contribution in [3.63, 3.8) is 0 Å². The SMILES string of the molecule is CCOc1ccc(N2C(=O)C(=O)/C(=C(\O)c3ccc(OCC)cc3OCC)C2c2ccc(Cl)cc2)cc1. The molecule has 3 aromatic rings. The lowest BCUT2D eigenvalue weighted by molar-refractivity contribution is -0.132. The lowest BCUT2D eigenvalue weighted by atomic mass is 9.94. The molecule has 1 atom stereocenters. The Bertz CT molecular complexity index is 1320. The number of ether oxygens (including phenoxy) is 3. The Labute approximate surface area is 220 Å². The molecule has 4 rings (SSSR count). The number of anilines is 1. The van der Waals surface area contributed by atoms with Crippen molar-refractivity contribution >= 4 is 34.7 Å². The van der Waals surface area contributed by atoms with Crippen LogP contribution in [0.25, 0.3) is 5.76 Å². The summed E-state index contributed by atoms with van der Waals surface area (Å²) in [5.74, 6) is -0.350. The molecule has 1 saturated heterocycles. The Morgan fingerprint density at radius 1 is 0.838 bits per heavy atom. The molecule has 1 aliphatic heterocycles. The van der Waals surface area contributed by atoms with Gasteiger partial charge < -0.3 is 19.3 Å². The lowest BCUT2D eigenvalue weighted by Crippen LogP contribution is -2.29. The van der Waals surface area contributed by atoms with Gasteiger partial charge in [0.05, 0.1) is 37.0 Å². The third-order valence-electron chi connectivity index (χ3n) is 5.88. The molecule has 1 unspecified atom stereocenters. The van der Waals surface area contributed by atoms with Gasteiger partial charge in [-0.2, -0.15) is 0 Å². The number of hydrogen-bond acceptors (Lipinski definition) is 6. The van der Waals surface area contributed by atoms with Gasteiger partial charge in [-0.05, 0) is 74.9 Å². The van der Waals surface area contributed by atoms with Crippen molar-refractivity contribution in [1.29, 1.82) is 0 Å². The molecule has 0 aliphatic carbocycles. The molecule has 37 heavy (non-hydrogen) atoms. The van der Waals surface area contributed by atoms with Crippen LogP contribution >= 0.6 is 11.6 Å². The number of carbonyl (C=O) groups is 2. The minimum atomic E-state index is -0.892. The van der Waals surface area contributed by atoms with E-state index in [1.807, 2.05) is 20.8 Å². The predicted molar refractivity (Wildman–Crippen MR) is 143 cm³/mol. The second kappa shape index (κ2) is 11.4. The summed E-state index contributed by atoms with van der Waals surface area (Å²) in [5, 5.41) is 12.0. The third kappa shape index (κ3) is 5.27. The molecule has 0 saturated carbocycles. The van der Waals surface area contributed by atoms with Crippen LogP contribution in [0.1, 0.15) is 37.9 Å². The molecule has 1 amide bonds. The Morgan fingerprint density at radius 2 is 1.43 bits per heavy atom. The molecular formula is C29H28ClNO6. The zero-order valence-electron chi connectivity index (χ0n) is 20.9. The van der Waals surface area contributed by atoms with E-state index in [9.17, 15) is 14.7 Å². The largest absolute Gasteiger partial charge is 0.507 e. The van der Waals surface area contributed by atoms with Gasteiger partial charge in [0.1, 0.15) is 23.0 Å². The van der Waals surface area contributed by atoms with E-state index < -0.39 is 17.7 Å². The maximum atomic E-state index is 13.4. The van der Waals surface area contributed by atoms with E-state index in [-0.39, 0.29) is 16.9 Å². The van der Waals surface area contributed by atoms with Crippen LogP contribution in [0.5, 0.6) is 17.2 Å². The number of Topliss-reactive ketones (excluding diaryl/α,β-unsaturated/α-hetero) is 1. The summed E-state index contributed by atoms with van der Waals surface area (Å²) in [6.45, 7) is 6.85. The average molecular weight is 522 g/mol. The summed E-state index contributed by atoms with van der Waals surface area (Å²) < 4.78 is 16.8. The minimum Gasteiger partial charge on any atom is -0.507 e. The van der Waals surface area contributed by atoms with Crippen molar-refractivity contribution in [2.24, 2.45) is 0 Å². The molecule has 7 nitrogen and oxygen atoms in total. The summed E-state index contributed by atoms with van der Waals surface area (Å²) in [7, 11) is 0. The number of amides is 1. The monoisotopic (exact) mass is 521 g/mol. The topological polar surface area (TPSA) is 85.3 Å². The second-order valence-corrected chi connectivity index (χ2v) is 8.61. The number of aliphatic hydroxyl groups is 1. The van der Waals surface area contributed by atoms with Crippen LogP contribution in [0.15, 0.2) is 72.3 Å². The van der Waals surface area contributed by atoms with E-state index in [0.717, 1.165) is 0 Å². The van der Waals surface area contributed by atoms with Gasteiger partial charge in [-0.1, -0.05) is 23.7 Å². The maximum absolute atomic E-state index is 13.4. The van der Waals surface area contributed by atoms with E-state index in [1.165, 1.54) is 4.90 Å². The van der Waals surface area contributed by atoms with Gasteiger partial charge in [0, 0.05) is 16.8 Å². The zero-order chi connectivity index (χ0) is 26.5. The number of rotatable bonds is 9. The van der Waals surface area contributed by atoms with E-state index >= 15 is 0 Å². The molecular weight excluding hydrogens is 494 g/mol. The Kier molecular flexibility index (Phi) is 8.04. The van der Waals surface area contributed by atoms with Crippen LogP contribution in [0, 0.1) is 0 Å². The summed E-state index contributed by atoms with van der Waals surface area (Å²) in [6.07, 6.45) is 0. The standard InChI is InChI=1S/C29H28ClNO6/c1-4-35-21-13-11-20(12-14-21)31-26(18-7-9-19(30)10-8-18)25(28(33)29(31)34)27(32)23-16-15-22(36-5-2)17-24(23)37-6-3/h7-17,26,32H,4-6H2,1-3H3/b27-25-. The second-order valence-electron chi connectivity index (χ2n) is 8.17. The zero-order valence-corrected chi connectivity index (χ0v) is 21.6. The lowest BCUT2D eigenvalue weighted by Gasteiger charge is -2.26. The minimum absolute atomic E-state index is 0.0497. The van der Waals surface area contributed by atoms with Gasteiger partial charge in [-0.25, -0.2) is 0 Å². The molecule has 0 aromatic heterocycles. The first-order valence-corrected chi connectivity index (χ1v) is 12.5. The number of ketones is 1. The fourth-order valence-corrected chi connectivity index (χ4v) is 4.43. The fraction of sp³-hybridized carbons (Fsp3) is 0.241. The summed E-state index contributed by atoms with van der Waals surface area (Å²) in [4.78, 5) is 28.2. The Morgan fingerprint density at radius 3 is 2.05 bits per heavy atom. The van der Waals surface area contributed by atoms with Crippen molar-refractivity contribution in [1.82, 2.24) is 0 Å². The molecule has 192 valence electrons. The van der Waals surface area contributed by atoms with Gasteiger partial charge in [-0.3, -0.25) is 14.5 Å². The van der Waals surface area contributed by atoms with Crippen LogP contribution in [-0.4, -0.2) is 36.6 Å². The van der Waals surface area contributed by atoms with Gasteiger partial charge in [0.2, 0.25) is 0 Å². The molecule has 1 fully saturated rings. The highest BCUT2D eigenvalue weighted by Crippen LogP contribution is 2.44. The molecule has 0 radical (unpaired) electrons. The van der Waals surface area contributed by atoms with Crippen LogP contribution in [0.4, 0.5) is 5.69 Å². The van der Waals surface area contributed by atoms with Crippen molar-refractivity contribution < 1.29 is 28.9 Å². The summed E-state index contributed by atoms with van der Waals surface area (Å²) >= 11 is 6.12. The molecule has 0 bridgehead atoms. The number of hydrogen-bond donors (Lipinski definition) is 1. The first-order valence-electron chi connectivity index (χ1n) is 12.1. The number of aliphatic hydroxyl groups excluding tert-OH is 1. The number of benzene rings is 3. The molecule has 8 heteroatoms. The van der Waals surface area contributed by atoms with Gasteiger partial charge in [0.15, 0.2) is 0 Å². The van der Waals surface area contributed by atoms with Gasteiger partial charge >= 0.3 is 0 Å². The van der Waals surface area contributed by atoms with E-state index in [1.54, 1.807) is 66.7 Å². The third-order valence-corrected chi connectivity index (χ3v) is 6.13. The van der Waals surface area contributed by atoms with E-state index in [4.69, 9.17) is 25.8 Å². The highest BCUT2D eigenvalue weighted by Gasteiger charge is 2.47. The number of carbonyl (C=O) groups excluding carboxylic acids is 2. The van der Waals surface area contributed by atoms with Crippen molar-refractivity contribution in [3.05, 3.63) is 88.5 Å². The summed E-state index contributed by atoms with van der Waals surface area (Å²) in [5.41, 5.74) is 1.34. The Balaban J connectivity index is 1.90. The average Bonchev–Trinajstić information content (AvgIpc) is 3.16. The smallest absolute Gasteiger partial charge is 0.300 e. The highest BCUT2D eigenvalue weighted by molar-refractivity contribution is 6.51. The molecule has 1 heterocycles. The van der Waals surface area contributed by atoms with Crippen molar-refractivity contribution in [3.8, 4) is 17.2 Å². The van der Waals surface area contributed by atoms with Crippen LogP contribution < -0.4 is 19.1 Å². The first-order chi connectivity index (χ1) is 17.9. The Hall–Kier alpha value is -3.97. The number of halogens is 1. The maximum Gasteiger partial charge on any atom is 0.300 e. The van der Waals surface area contributed by atoms with Crippen molar-refractivity contribution in [2.45, 2.75) is 26.8 Å². The van der Waals surface area contributed by atoms with Gasteiger partial charge in [-0.15, -0.1) is 0 Å². The van der Waals surface area contributed by atoms with Crippen LogP contribution in [0.3, 0.4) is 0 Å². The molecule has 3 aromatic carbocycles. The fourth-order valence-electron chi connectivity index (χ4n) is 4.30. The summed E-state index contributed by atoms with van der Waals surface area (Å²) in [6, 6.07) is 17.8. The highest BCUT2D eigenvalue weighted by atomic mass is 35.5. The normalized spacial score (nSPS) is 16.6. The van der Waals surface area contributed by atoms with Crippen molar-refractivity contribution in [2.75, 3.05) is 24.7 Å². The van der Waals surface area contributed by atoms with Crippen LogP contribution in [-0.2, 0) is 9.59 Å². The van der Waals surface area contributed by atoms with E-state index in [2.05, 4.69) is 0 Å². The first kappa shape index (κ1) is 26.1.